The van der Waals surface area contributed by atoms with Crippen molar-refractivity contribution >= 4 is 29.3 Å². The Morgan fingerprint density at radius 3 is 2.10 bits per heavy atom. The van der Waals surface area contributed by atoms with Crippen molar-refractivity contribution in [3.8, 4) is 0 Å². The van der Waals surface area contributed by atoms with Crippen LogP contribution in [0.3, 0.4) is 0 Å². The SMILES string of the molecule is CCC(C)C([C@@H](CC(=O)N1CCC[C@H]1[C@H](OC)[C@@H](C)C(=O)NCCc1ccc(N)cc1)OC)N(C)C(=O)[C@@H](NC(=O)C(NC)C(C)C)C(C)C. The Morgan fingerprint density at radius 2 is 1.58 bits per heavy atom. The third-order valence-corrected chi connectivity index (χ3v) is 10.4. The summed E-state index contributed by atoms with van der Waals surface area (Å²) >= 11 is 0. The van der Waals surface area contributed by atoms with Gasteiger partial charge < -0.3 is 41.0 Å². The number of nitrogens with two attached hydrogens (primary N) is 1. The molecule has 1 aliphatic rings. The number of benzene rings is 1. The number of carbonyl (C=O) groups excluding carboxylic acids is 4. The lowest BCUT2D eigenvalue weighted by Crippen LogP contribution is -2.59. The van der Waals surface area contributed by atoms with Gasteiger partial charge in [-0.05, 0) is 61.8 Å². The molecule has 0 radical (unpaired) electrons. The molecular weight excluding hydrogens is 636 g/mol. The lowest BCUT2D eigenvalue weighted by Gasteiger charge is -2.41. The molecule has 2 rings (SSSR count). The fourth-order valence-electron chi connectivity index (χ4n) is 7.22. The van der Waals surface area contributed by atoms with E-state index in [0.29, 0.717) is 25.2 Å². The number of hydrogen-bond donors (Lipinski definition) is 4. The van der Waals surface area contributed by atoms with E-state index in [0.717, 1.165) is 24.8 Å². The highest BCUT2D eigenvalue weighted by Crippen LogP contribution is 2.29. The first-order valence-corrected chi connectivity index (χ1v) is 18.3. The number of likely N-dealkylation sites (tertiary alicyclic amines) is 1. The van der Waals surface area contributed by atoms with E-state index in [9.17, 15) is 19.2 Å². The number of methoxy groups -OCH3 is 2. The van der Waals surface area contributed by atoms with E-state index >= 15 is 0 Å². The molecule has 12 heteroatoms. The number of anilines is 1. The van der Waals surface area contributed by atoms with Crippen LogP contribution in [-0.2, 0) is 35.1 Å². The van der Waals surface area contributed by atoms with Crippen molar-refractivity contribution in [2.24, 2.45) is 23.7 Å². The zero-order valence-electron chi connectivity index (χ0n) is 32.5. The predicted molar refractivity (Wildman–Crippen MR) is 198 cm³/mol. The molecule has 0 aromatic heterocycles. The van der Waals surface area contributed by atoms with Gasteiger partial charge in [-0.2, -0.15) is 0 Å². The molecule has 50 heavy (non-hydrogen) atoms. The van der Waals surface area contributed by atoms with Crippen LogP contribution in [0.25, 0.3) is 0 Å². The van der Waals surface area contributed by atoms with Crippen LogP contribution in [0.2, 0.25) is 0 Å². The molecule has 5 N–H and O–H groups in total. The van der Waals surface area contributed by atoms with Crippen molar-refractivity contribution in [2.45, 2.75) is 117 Å². The number of nitrogen functional groups attached to an aromatic ring is 1. The molecule has 1 saturated heterocycles. The molecule has 1 aromatic rings. The number of amides is 4. The monoisotopic (exact) mass is 703 g/mol. The average molecular weight is 703 g/mol. The maximum Gasteiger partial charge on any atom is 0.245 e. The summed E-state index contributed by atoms with van der Waals surface area (Å²) in [5.41, 5.74) is 7.56. The first-order valence-electron chi connectivity index (χ1n) is 18.3. The third-order valence-electron chi connectivity index (χ3n) is 10.4. The Bertz CT molecular complexity index is 1230. The summed E-state index contributed by atoms with van der Waals surface area (Å²) in [5, 5.41) is 9.07. The summed E-state index contributed by atoms with van der Waals surface area (Å²) in [6.45, 7) is 14.7. The van der Waals surface area contributed by atoms with Gasteiger partial charge in [0.2, 0.25) is 23.6 Å². The largest absolute Gasteiger partial charge is 0.399 e. The van der Waals surface area contributed by atoms with E-state index < -0.39 is 36.3 Å². The Balaban J connectivity index is 2.19. The van der Waals surface area contributed by atoms with E-state index in [4.69, 9.17) is 15.2 Å². The Labute approximate surface area is 300 Å². The van der Waals surface area contributed by atoms with Crippen LogP contribution in [0.15, 0.2) is 24.3 Å². The van der Waals surface area contributed by atoms with E-state index in [1.807, 2.05) is 70.7 Å². The van der Waals surface area contributed by atoms with Gasteiger partial charge in [-0.3, -0.25) is 19.2 Å². The second-order valence-corrected chi connectivity index (χ2v) is 14.6. The second kappa shape index (κ2) is 20.6. The molecule has 3 unspecified atom stereocenters. The van der Waals surface area contributed by atoms with Crippen LogP contribution in [0.5, 0.6) is 0 Å². The fourth-order valence-corrected chi connectivity index (χ4v) is 7.22. The lowest BCUT2D eigenvalue weighted by atomic mass is 9.89. The summed E-state index contributed by atoms with van der Waals surface area (Å²) in [6, 6.07) is 5.72. The molecule has 1 aliphatic heterocycles. The molecule has 0 aliphatic carbocycles. The first kappa shape index (κ1) is 42.9. The summed E-state index contributed by atoms with van der Waals surface area (Å²) in [6.07, 6.45) is 1.93. The van der Waals surface area contributed by atoms with Crippen molar-refractivity contribution in [3.05, 3.63) is 29.8 Å². The molecule has 0 bridgehead atoms. The maximum atomic E-state index is 14.1. The van der Waals surface area contributed by atoms with E-state index in [1.165, 1.54) is 0 Å². The summed E-state index contributed by atoms with van der Waals surface area (Å²) in [5.74, 6) is -1.27. The lowest BCUT2D eigenvalue weighted by molar-refractivity contribution is -0.147. The molecule has 1 aromatic carbocycles. The molecule has 1 heterocycles. The summed E-state index contributed by atoms with van der Waals surface area (Å²) in [4.78, 5) is 58.1. The molecular formula is C38H66N6O6. The molecule has 0 spiro atoms. The van der Waals surface area contributed by atoms with Gasteiger partial charge in [0.05, 0.1) is 42.7 Å². The normalized spacial score (nSPS) is 19.0. The van der Waals surface area contributed by atoms with Crippen molar-refractivity contribution in [1.29, 1.82) is 0 Å². The van der Waals surface area contributed by atoms with Gasteiger partial charge in [-0.25, -0.2) is 0 Å². The quantitative estimate of drug-likeness (QED) is 0.151. The van der Waals surface area contributed by atoms with Crippen LogP contribution in [0, 0.1) is 23.7 Å². The zero-order chi connectivity index (χ0) is 37.7. The number of hydrogen-bond acceptors (Lipinski definition) is 8. The highest BCUT2D eigenvalue weighted by Gasteiger charge is 2.43. The molecule has 12 nitrogen and oxygen atoms in total. The van der Waals surface area contributed by atoms with E-state index in [2.05, 4.69) is 22.9 Å². The van der Waals surface area contributed by atoms with E-state index in [1.54, 1.807) is 33.2 Å². The molecule has 1 fully saturated rings. The van der Waals surface area contributed by atoms with Gasteiger partial charge in [-0.1, -0.05) is 67.0 Å². The van der Waals surface area contributed by atoms with Crippen molar-refractivity contribution in [2.75, 3.05) is 47.1 Å². The predicted octanol–water partition coefficient (Wildman–Crippen LogP) is 3.23. The highest BCUT2D eigenvalue weighted by atomic mass is 16.5. The van der Waals surface area contributed by atoms with Gasteiger partial charge in [-0.15, -0.1) is 0 Å². The van der Waals surface area contributed by atoms with Crippen molar-refractivity contribution in [3.63, 3.8) is 0 Å². The number of likely N-dealkylation sites (N-methyl/N-ethyl adjacent to an activating group) is 2. The molecule has 0 saturated carbocycles. The van der Waals surface area contributed by atoms with Crippen LogP contribution in [-0.4, -0.2) is 111 Å². The van der Waals surface area contributed by atoms with Crippen LogP contribution >= 0.6 is 0 Å². The Hall–Kier alpha value is -3.22. The topological polar surface area (TPSA) is 155 Å². The standard InChI is InChI=1S/C38H66N6O6/c1-12-25(6)34(43(9)38(48)33(24(4)5)42-37(47)32(40-8)23(2)3)30(49-10)22-31(45)44-21-13-14-29(44)35(50-11)26(7)36(46)41-20-19-27-15-17-28(39)18-16-27/h15-18,23-26,29-30,32-35,40H,12-14,19-22,39H2,1-11H3,(H,41,46)(H,42,47)/t25?,26-,29+,30-,32?,33+,34?,35-/m1/s1. The smallest absolute Gasteiger partial charge is 0.245 e. The maximum absolute atomic E-state index is 14.1. The number of rotatable bonds is 20. The molecule has 284 valence electrons. The minimum absolute atomic E-state index is 0.00370. The van der Waals surface area contributed by atoms with Gasteiger partial charge >= 0.3 is 0 Å². The zero-order valence-corrected chi connectivity index (χ0v) is 32.5. The summed E-state index contributed by atoms with van der Waals surface area (Å²) < 4.78 is 11.9. The van der Waals surface area contributed by atoms with Crippen molar-refractivity contribution < 1.29 is 28.7 Å². The fraction of sp³-hybridized carbons (Fsp3) is 0.737. The second-order valence-electron chi connectivity index (χ2n) is 14.6. The van der Waals surface area contributed by atoms with Crippen LogP contribution < -0.4 is 21.7 Å². The minimum atomic E-state index is -0.744. The summed E-state index contributed by atoms with van der Waals surface area (Å²) in [7, 11) is 6.64. The Kier molecular flexibility index (Phi) is 17.7. The van der Waals surface area contributed by atoms with Gasteiger partial charge in [0.25, 0.3) is 0 Å². The van der Waals surface area contributed by atoms with Crippen LogP contribution in [0.1, 0.15) is 79.7 Å². The number of nitrogens with one attached hydrogen (secondary N) is 3. The number of carbonyl (C=O) groups is 4. The van der Waals surface area contributed by atoms with Gasteiger partial charge in [0.15, 0.2) is 0 Å². The Morgan fingerprint density at radius 1 is 0.960 bits per heavy atom. The molecule has 8 atom stereocenters. The van der Waals surface area contributed by atoms with Gasteiger partial charge in [0.1, 0.15) is 6.04 Å². The number of ether oxygens (including phenoxy) is 2. The first-order chi connectivity index (χ1) is 23.6. The number of nitrogens with zero attached hydrogens (tertiary/aromatic N) is 2. The molecule has 4 amide bonds. The third kappa shape index (κ3) is 11.4. The van der Waals surface area contributed by atoms with E-state index in [-0.39, 0.29) is 53.8 Å². The van der Waals surface area contributed by atoms with Crippen LogP contribution in [0.4, 0.5) is 5.69 Å². The minimum Gasteiger partial charge on any atom is -0.399 e. The van der Waals surface area contributed by atoms with Gasteiger partial charge in [0, 0.05) is 40.0 Å². The average Bonchev–Trinajstić information content (AvgIpc) is 3.57. The highest BCUT2D eigenvalue weighted by molar-refractivity contribution is 5.90. The van der Waals surface area contributed by atoms with Crippen molar-refractivity contribution in [1.82, 2.24) is 25.8 Å².